The summed E-state index contributed by atoms with van der Waals surface area (Å²) in [6.07, 6.45) is 0.450. The third-order valence-corrected chi connectivity index (χ3v) is 4.04. The van der Waals surface area contributed by atoms with Gasteiger partial charge in [0.1, 0.15) is 0 Å². The third kappa shape index (κ3) is 3.59. The summed E-state index contributed by atoms with van der Waals surface area (Å²) in [6.45, 7) is 5.94. The molecular weight excluding hydrogens is 205 g/mol. The first-order chi connectivity index (χ1) is 6.03. The smallest absolute Gasteiger partial charge is 0.206 e. The highest BCUT2D eigenvalue weighted by Gasteiger charge is 2.17. The van der Waals surface area contributed by atoms with Crippen molar-refractivity contribution >= 4 is 18.7 Å². The van der Waals surface area contributed by atoms with Gasteiger partial charge in [-0.1, -0.05) is 0 Å². The summed E-state index contributed by atoms with van der Waals surface area (Å²) in [6, 6.07) is 0. The lowest BCUT2D eigenvalue weighted by molar-refractivity contribution is 0.336. The van der Waals surface area contributed by atoms with Gasteiger partial charge in [0.05, 0.1) is 23.5 Å². The molecule has 0 saturated heterocycles. The van der Waals surface area contributed by atoms with Crippen molar-refractivity contribution in [1.29, 1.82) is 0 Å². The van der Waals surface area contributed by atoms with Crippen LogP contribution in [0, 0.1) is 6.92 Å². The molecule has 13 heavy (non-hydrogen) atoms. The van der Waals surface area contributed by atoms with Gasteiger partial charge in [0, 0.05) is 12.0 Å². The topological polar surface area (TPSA) is 39.2 Å². The van der Waals surface area contributed by atoms with E-state index in [1.54, 1.807) is 18.0 Å². The van der Waals surface area contributed by atoms with Crippen LogP contribution in [0.15, 0.2) is 5.38 Å². The molecule has 0 unspecified atom stereocenters. The minimum atomic E-state index is -2.46. The third-order valence-electron chi connectivity index (χ3n) is 1.52. The molecule has 74 valence electrons. The second kappa shape index (κ2) is 4.36. The van der Waals surface area contributed by atoms with Crippen molar-refractivity contribution in [3.05, 3.63) is 16.1 Å². The fraction of sp³-hybridized carbons (Fsp3) is 0.625. The molecule has 0 fully saturated rings. The first-order valence-corrected chi connectivity index (χ1v) is 7.29. The average Bonchev–Trinajstić information content (AvgIpc) is 2.34. The van der Waals surface area contributed by atoms with E-state index >= 15 is 0 Å². The molecular formula is C8H14NO2PS. The van der Waals surface area contributed by atoms with E-state index in [0.717, 1.165) is 10.7 Å². The second-order valence-electron chi connectivity index (χ2n) is 2.95. The van der Waals surface area contributed by atoms with Gasteiger partial charge in [-0.3, -0.25) is 4.57 Å². The molecule has 1 aromatic heterocycles. The Hall–Kier alpha value is -0.180. The largest absolute Gasteiger partial charge is 0.329 e. The normalized spacial score (nSPS) is 15.6. The van der Waals surface area contributed by atoms with Gasteiger partial charge >= 0.3 is 0 Å². The first kappa shape index (κ1) is 10.9. The van der Waals surface area contributed by atoms with E-state index in [1.807, 2.05) is 19.2 Å². The van der Waals surface area contributed by atoms with Crippen LogP contribution in [-0.2, 0) is 15.3 Å². The van der Waals surface area contributed by atoms with Gasteiger partial charge in [0.2, 0.25) is 7.37 Å². The summed E-state index contributed by atoms with van der Waals surface area (Å²) >= 11 is 1.58. The van der Waals surface area contributed by atoms with Gasteiger partial charge in [-0.2, -0.15) is 0 Å². The fourth-order valence-electron chi connectivity index (χ4n) is 1.09. The van der Waals surface area contributed by atoms with Crippen LogP contribution >= 0.6 is 18.7 Å². The van der Waals surface area contributed by atoms with Gasteiger partial charge in [-0.15, -0.1) is 11.3 Å². The zero-order valence-electron chi connectivity index (χ0n) is 8.11. The van der Waals surface area contributed by atoms with Crippen molar-refractivity contribution in [2.45, 2.75) is 20.0 Å². The van der Waals surface area contributed by atoms with Crippen molar-refractivity contribution in [3.63, 3.8) is 0 Å². The van der Waals surface area contributed by atoms with E-state index in [1.165, 1.54) is 0 Å². The summed E-state index contributed by atoms with van der Waals surface area (Å²) in [4.78, 5) is 4.24. The van der Waals surface area contributed by atoms with Gasteiger partial charge in [-0.25, -0.2) is 4.98 Å². The van der Waals surface area contributed by atoms with Crippen LogP contribution in [0.5, 0.6) is 0 Å². The zero-order chi connectivity index (χ0) is 9.90. The van der Waals surface area contributed by atoms with Crippen molar-refractivity contribution in [2.24, 2.45) is 0 Å². The van der Waals surface area contributed by atoms with Crippen LogP contribution in [-0.4, -0.2) is 18.3 Å². The van der Waals surface area contributed by atoms with Gasteiger partial charge in [0.15, 0.2) is 0 Å². The SMILES string of the molecule is CCO[P@](C)(=O)Cc1csc(C)n1. The lowest BCUT2D eigenvalue weighted by atomic mass is 10.6. The lowest BCUT2D eigenvalue weighted by Crippen LogP contribution is -1.92. The van der Waals surface area contributed by atoms with E-state index < -0.39 is 7.37 Å². The van der Waals surface area contributed by atoms with Gasteiger partial charge in [0.25, 0.3) is 0 Å². The molecule has 0 N–H and O–H groups in total. The second-order valence-corrected chi connectivity index (χ2v) is 6.61. The summed E-state index contributed by atoms with van der Waals surface area (Å²) in [5, 5.41) is 2.94. The number of nitrogens with zero attached hydrogens (tertiary/aromatic N) is 1. The first-order valence-electron chi connectivity index (χ1n) is 4.15. The molecule has 3 nitrogen and oxygen atoms in total. The van der Waals surface area contributed by atoms with E-state index in [4.69, 9.17) is 4.52 Å². The quantitative estimate of drug-likeness (QED) is 0.731. The monoisotopic (exact) mass is 219 g/mol. The van der Waals surface area contributed by atoms with Gasteiger partial charge in [-0.05, 0) is 13.8 Å². The molecule has 0 spiro atoms. The molecule has 5 heteroatoms. The van der Waals surface area contributed by atoms with Crippen LogP contribution < -0.4 is 0 Å². The number of aromatic nitrogens is 1. The molecule has 1 heterocycles. The number of hydrogen-bond acceptors (Lipinski definition) is 4. The van der Waals surface area contributed by atoms with Crippen molar-refractivity contribution in [1.82, 2.24) is 4.98 Å². The van der Waals surface area contributed by atoms with E-state index in [-0.39, 0.29) is 0 Å². The van der Waals surface area contributed by atoms with Crippen LogP contribution in [0.25, 0.3) is 0 Å². The molecule has 1 atom stereocenters. The standard InChI is InChI=1S/C8H14NO2PS/c1-4-11-12(3,10)5-8-6-13-7(2)9-8/h6H,4-5H2,1-3H3/t12-/m0/s1. The number of aryl methyl sites for hydroxylation is 1. The minimum absolute atomic E-state index is 0.450. The molecule has 0 radical (unpaired) electrons. The van der Waals surface area contributed by atoms with E-state index in [9.17, 15) is 4.57 Å². The van der Waals surface area contributed by atoms with E-state index in [0.29, 0.717) is 12.8 Å². The van der Waals surface area contributed by atoms with E-state index in [2.05, 4.69) is 4.98 Å². The van der Waals surface area contributed by atoms with Crippen LogP contribution in [0.3, 0.4) is 0 Å². The Balaban J connectivity index is 2.63. The predicted octanol–water partition coefficient (Wildman–Crippen LogP) is 2.90. The molecule has 0 aliphatic rings. The lowest BCUT2D eigenvalue weighted by Gasteiger charge is -2.10. The molecule has 0 aliphatic carbocycles. The average molecular weight is 219 g/mol. The fourth-order valence-corrected chi connectivity index (χ4v) is 3.22. The Morgan fingerprint density at radius 1 is 1.69 bits per heavy atom. The maximum Gasteiger partial charge on any atom is 0.206 e. The minimum Gasteiger partial charge on any atom is -0.329 e. The Labute approximate surface area is 82.6 Å². The summed E-state index contributed by atoms with van der Waals surface area (Å²) in [7, 11) is -2.46. The van der Waals surface area contributed by atoms with Gasteiger partial charge < -0.3 is 4.52 Å². The highest BCUT2D eigenvalue weighted by Crippen LogP contribution is 2.45. The van der Waals surface area contributed by atoms with Crippen LogP contribution in [0.2, 0.25) is 0 Å². The highest BCUT2D eigenvalue weighted by molar-refractivity contribution is 7.57. The number of thiazole rings is 1. The maximum atomic E-state index is 11.7. The Morgan fingerprint density at radius 2 is 2.38 bits per heavy atom. The van der Waals surface area contributed by atoms with Crippen molar-refractivity contribution in [3.8, 4) is 0 Å². The Kier molecular flexibility index (Phi) is 3.65. The van der Waals surface area contributed by atoms with Crippen LogP contribution in [0.1, 0.15) is 17.6 Å². The summed E-state index contributed by atoms with van der Waals surface area (Å²) in [5.41, 5.74) is 0.877. The Bertz CT molecular complexity index is 324. The number of rotatable bonds is 4. The molecule has 0 amide bonds. The van der Waals surface area contributed by atoms with Crippen LogP contribution in [0.4, 0.5) is 0 Å². The predicted molar refractivity (Wildman–Crippen MR) is 55.7 cm³/mol. The molecule has 1 rings (SSSR count). The van der Waals surface area contributed by atoms with Crippen molar-refractivity contribution in [2.75, 3.05) is 13.3 Å². The molecule has 0 saturated carbocycles. The Morgan fingerprint density at radius 3 is 2.85 bits per heavy atom. The molecule has 1 aromatic rings. The molecule has 0 aromatic carbocycles. The van der Waals surface area contributed by atoms with Crippen molar-refractivity contribution < 1.29 is 9.09 Å². The molecule has 0 aliphatic heterocycles. The summed E-state index contributed by atoms with van der Waals surface area (Å²) in [5.74, 6) is 0. The molecule has 0 bridgehead atoms. The zero-order valence-corrected chi connectivity index (χ0v) is 9.82. The maximum absolute atomic E-state index is 11.7. The number of hydrogen-bond donors (Lipinski definition) is 0. The highest BCUT2D eigenvalue weighted by atomic mass is 32.1. The summed E-state index contributed by atoms with van der Waals surface area (Å²) < 4.78 is 16.9.